The second-order valence-corrected chi connectivity index (χ2v) is 6.59. The number of nitrogens with two attached hydrogens (primary N) is 1. The Morgan fingerprint density at radius 2 is 1.77 bits per heavy atom. The summed E-state index contributed by atoms with van der Waals surface area (Å²) < 4.78 is 11.1. The lowest BCUT2D eigenvalue weighted by molar-refractivity contribution is 0.212. The number of halogens is 1. The molecular weight excluding hydrogens is 443 g/mol. The van der Waals surface area contributed by atoms with Crippen molar-refractivity contribution in [3.05, 3.63) is 54.2 Å². The number of hydrogen-bond donors (Lipinski definition) is 2. The van der Waals surface area contributed by atoms with Crippen molar-refractivity contribution < 1.29 is 9.47 Å². The number of rotatable bonds is 7. The van der Waals surface area contributed by atoms with E-state index >= 15 is 0 Å². The molecule has 142 valence electrons. The van der Waals surface area contributed by atoms with E-state index in [1.165, 1.54) is 0 Å². The molecule has 0 spiro atoms. The lowest BCUT2D eigenvalue weighted by Gasteiger charge is -2.20. The van der Waals surface area contributed by atoms with E-state index in [9.17, 15) is 0 Å². The van der Waals surface area contributed by atoms with Gasteiger partial charge in [0.15, 0.2) is 5.96 Å². The summed E-state index contributed by atoms with van der Waals surface area (Å²) >= 11 is 0. The van der Waals surface area contributed by atoms with Crippen LogP contribution in [0.25, 0.3) is 0 Å². The van der Waals surface area contributed by atoms with Crippen LogP contribution in [0.5, 0.6) is 11.6 Å². The van der Waals surface area contributed by atoms with Crippen molar-refractivity contribution in [3.8, 4) is 11.6 Å². The summed E-state index contributed by atoms with van der Waals surface area (Å²) in [6.45, 7) is 7.47. The largest absolute Gasteiger partial charge is 0.490 e. The molecule has 0 unspecified atom stereocenters. The molecule has 1 heterocycles. The Hall–Kier alpha value is -2.03. The van der Waals surface area contributed by atoms with Gasteiger partial charge in [0.2, 0.25) is 5.88 Å². The average Bonchev–Trinajstić information content (AvgIpc) is 2.57. The van der Waals surface area contributed by atoms with Crippen LogP contribution in [0.2, 0.25) is 0 Å². The predicted octanol–water partition coefficient (Wildman–Crippen LogP) is 3.36. The molecule has 0 saturated carbocycles. The molecule has 3 N–H and O–H groups in total. The van der Waals surface area contributed by atoms with Crippen LogP contribution in [0.15, 0.2) is 53.7 Å². The maximum atomic E-state index is 5.85. The van der Waals surface area contributed by atoms with Crippen molar-refractivity contribution in [3.63, 3.8) is 0 Å². The molecule has 6 nitrogen and oxygen atoms in total. The highest BCUT2D eigenvalue weighted by Gasteiger charge is 2.09. The summed E-state index contributed by atoms with van der Waals surface area (Å²) in [5, 5.41) is 3.12. The van der Waals surface area contributed by atoms with Gasteiger partial charge in [0.1, 0.15) is 19.0 Å². The van der Waals surface area contributed by atoms with Gasteiger partial charge in [-0.05, 0) is 38.5 Å². The molecule has 0 aliphatic carbocycles. The number of aliphatic imine (C=N–C) groups is 1. The van der Waals surface area contributed by atoms with Gasteiger partial charge in [-0.1, -0.05) is 24.3 Å². The third kappa shape index (κ3) is 8.89. The second-order valence-electron chi connectivity index (χ2n) is 6.59. The Kier molecular flexibility index (Phi) is 9.18. The maximum Gasteiger partial charge on any atom is 0.213 e. The predicted molar refractivity (Wildman–Crippen MR) is 115 cm³/mol. The molecule has 0 aliphatic heterocycles. The topological polar surface area (TPSA) is 81.8 Å². The standard InChI is InChI=1S/C19H26N4O2.HI/c1-19(2,3)23-18(20)22-14-15-9-10-17(21-13-15)25-12-11-24-16-7-5-4-6-8-16;/h4-10,13H,11-12,14H2,1-3H3,(H3,20,22,23);1H. The van der Waals surface area contributed by atoms with Gasteiger partial charge in [0, 0.05) is 17.8 Å². The van der Waals surface area contributed by atoms with Crippen molar-refractivity contribution in [2.24, 2.45) is 10.7 Å². The summed E-state index contributed by atoms with van der Waals surface area (Å²) in [5.74, 6) is 1.81. The van der Waals surface area contributed by atoms with Gasteiger partial charge < -0.3 is 20.5 Å². The van der Waals surface area contributed by atoms with Crippen LogP contribution in [0.1, 0.15) is 26.3 Å². The van der Waals surface area contributed by atoms with E-state index in [1.807, 2.05) is 63.2 Å². The van der Waals surface area contributed by atoms with Gasteiger partial charge in [-0.3, -0.25) is 0 Å². The highest BCUT2D eigenvalue weighted by molar-refractivity contribution is 14.0. The van der Waals surface area contributed by atoms with Crippen molar-refractivity contribution in [1.82, 2.24) is 10.3 Å². The van der Waals surface area contributed by atoms with Gasteiger partial charge >= 0.3 is 0 Å². The van der Waals surface area contributed by atoms with E-state index in [1.54, 1.807) is 6.20 Å². The van der Waals surface area contributed by atoms with Gasteiger partial charge in [-0.25, -0.2) is 9.98 Å². The van der Waals surface area contributed by atoms with E-state index in [0.29, 0.717) is 31.6 Å². The SMILES string of the molecule is CC(C)(C)NC(N)=NCc1ccc(OCCOc2ccccc2)nc1.I. The van der Waals surface area contributed by atoms with Crippen LogP contribution in [0.3, 0.4) is 0 Å². The zero-order chi connectivity index (χ0) is 18.1. The average molecular weight is 470 g/mol. The molecule has 0 fully saturated rings. The summed E-state index contributed by atoms with van der Waals surface area (Å²) in [6.07, 6.45) is 1.74. The first-order valence-corrected chi connectivity index (χ1v) is 8.26. The van der Waals surface area contributed by atoms with Gasteiger partial charge in [-0.2, -0.15) is 0 Å². The summed E-state index contributed by atoms with van der Waals surface area (Å²) in [5.41, 5.74) is 6.71. The van der Waals surface area contributed by atoms with Gasteiger partial charge in [0.05, 0.1) is 6.54 Å². The Bertz CT molecular complexity index is 670. The van der Waals surface area contributed by atoms with Crippen molar-refractivity contribution >= 4 is 29.9 Å². The number of guanidine groups is 1. The van der Waals surface area contributed by atoms with E-state index in [-0.39, 0.29) is 29.5 Å². The fourth-order valence-corrected chi connectivity index (χ4v) is 2.01. The minimum atomic E-state index is -0.106. The zero-order valence-corrected chi connectivity index (χ0v) is 17.8. The Labute approximate surface area is 172 Å². The molecule has 1 aromatic carbocycles. The molecule has 2 aromatic rings. The van der Waals surface area contributed by atoms with Crippen LogP contribution in [-0.2, 0) is 6.54 Å². The second kappa shape index (κ2) is 10.8. The summed E-state index contributed by atoms with van der Waals surface area (Å²) in [6, 6.07) is 13.4. The molecule has 0 bridgehead atoms. The molecule has 2 rings (SSSR count). The van der Waals surface area contributed by atoms with E-state index in [0.717, 1.165) is 11.3 Å². The van der Waals surface area contributed by atoms with E-state index in [4.69, 9.17) is 15.2 Å². The Balaban J connectivity index is 0.00000338. The van der Waals surface area contributed by atoms with Gasteiger partial charge in [0.25, 0.3) is 0 Å². The number of nitrogens with zero attached hydrogens (tertiary/aromatic N) is 2. The molecule has 0 radical (unpaired) electrons. The minimum absolute atomic E-state index is 0. The third-order valence-corrected chi connectivity index (χ3v) is 3.08. The molecule has 0 aliphatic rings. The highest BCUT2D eigenvalue weighted by atomic mass is 127. The van der Waals surface area contributed by atoms with Crippen molar-refractivity contribution in [1.29, 1.82) is 0 Å². The van der Waals surface area contributed by atoms with Crippen molar-refractivity contribution in [2.45, 2.75) is 32.9 Å². The number of hydrogen-bond acceptors (Lipinski definition) is 4. The summed E-state index contributed by atoms with van der Waals surface area (Å²) in [4.78, 5) is 8.57. The summed E-state index contributed by atoms with van der Waals surface area (Å²) in [7, 11) is 0. The lowest BCUT2D eigenvalue weighted by Crippen LogP contribution is -2.44. The minimum Gasteiger partial charge on any atom is -0.490 e. The number of para-hydroxylation sites is 1. The van der Waals surface area contributed by atoms with Crippen LogP contribution in [-0.4, -0.2) is 29.7 Å². The highest BCUT2D eigenvalue weighted by Crippen LogP contribution is 2.10. The molecule has 0 amide bonds. The fourth-order valence-electron chi connectivity index (χ4n) is 2.01. The zero-order valence-electron chi connectivity index (χ0n) is 15.4. The molecular formula is C19H27IN4O2. The number of benzene rings is 1. The Morgan fingerprint density at radius 3 is 2.38 bits per heavy atom. The molecule has 1 aromatic heterocycles. The van der Waals surface area contributed by atoms with Crippen molar-refractivity contribution in [2.75, 3.05) is 13.2 Å². The first-order valence-electron chi connectivity index (χ1n) is 8.26. The monoisotopic (exact) mass is 470 g/mol. The van der Waals surface area contributed by atoms with Crippen LogP contribution < -0.4 is 20.5 Å². The van der Waals surface area contributed by atoms with Crippen LogP contribution in [0.4, 0.5) is 0 Å². The maximum absolute atomic E-state index is 5.85. The van der Waals surface area contributed by atoms with Crippen LogP contribution >= 0.6 is 24.0 Å². The quantitative estimate of drug-likeness (QED) is 0.281. The normalized spacial score (nSPS) is 11.4. The van der Waals surface area contributed by atoms with Gasteiger partial charge in [-0.15, -0.1) is 24.0 Å². The fraction of sp³-hybridized carbons (Fsp3) is 0.368. The number of nitrogens with one attached hydrogen (secondary N) is 1. The molecule has 0 saturated heterocycles. The third-order valence-electron chi connectivity index (χ3n) is 3.08. The number of pyridine rings is 1. The van der Waals surface area contributed by atoms with E-state index in [2.05, 4.69) is 15.3 Å². The van der Waals surface area contributed by atoms with E-state index < -0.39 is 0 Å². The molecule has 7 heteroatoms. The first-order chi connectivity index (χ1) is 11.9. The van der Waals surface area contributed by atoms with Crippen LogP contribution in [0, 0.1) is 0 Å². The first kappa shape index (κ1) is 22.0. The number of ether oxygens (including phenoxy) is 2. The Morgan fingerprint density at radius 1 is 1.08 bits per heavy atom. The lowest BCUT2D eigenvalue weighted by atomic mass is 10.1. The molecule has 26 heavy (non-hydrogen) atoms. The number of aromatic nitrogens is 1. The molecule has 0 atom stereocenters. The smallest absolute Gasteiger partial charge is 0.213 e.